The topological polar surface area (TPSA) is 46.6 Å². The Morgan fingerprint density at radius 2 is 1.81 bits per heavy atom. The van der Waals surface area contributed by atoms with Crippen LogP contribution in [0, 0.1) is 5.41 Å². The molecule has 0 aliphatic carbocycles. The van der Waals surface area contributed by atoms with E-state index in [2.05, 4.69) is 31.2 Å². The molecule has 1 heterocycles. The van der Waals surface area contributed by atoms with Crippen LogP contribution < -0.4 is 0 Å². The highest BCUT2D eigenvalue weighted by Gasteiger charge is 2.36. The first-order valence-corrected chi connectivity index (χ1v) is 9.02. The van der Waals surface area contributed by atoms with Crippen molar-refractivity contribution < 1.29 is 14.3 Å². The molecular formula is C22H25NO3. The summed E-state index contributed by atoms with van der Waals surface area (Å²) in [6.45, 7) is 3.77. The van der Waals surface area contributed by atoms with Gasteiger partial charge in [0, 0.05) is 18.7 Å². The van der Waals surface area contributed by atoms with E-state index in [1.807, 2.05) is 11.0 Å². The lowest BCUT2D eigenvalue weighted by atomic mass is 9.83. The number of hydrogen-bond donors (Lipinski definition) is 0. The van der Waals surface area contributed by atoms with Gasteiger partial charge < -0.3 is 9.64 Å². The smallest absolute Gasteiger partial charge is 0.337 e. The monoisotopic (exact) mass is 351 g/mol. The molecule has 0 spiro atoms. The van der Waals surface area contributed by atoms with Crippen molar-refractivity contribution in [3.8, 4) is 0 Å². The molecule has 1 aliphatic heterocycles. The van der Waals surface area contributed by atoms with Gasteiger partial charge >= 0.3 is 5.97 Å². The van der Waals surface area contributed by atoms with Crippen LogP contribution in [-0.4, -0.2) is 37.0 Å². The minimum Gasteiger partial charge on any atom is -0.465 e. The van der Waals surface area contributed by atoms with Gasteiger partial charge in [-0.2, -0.15) is 0 Å². The van der Waals surface area contributed by atoms with Crippen molar-refractivity contribution in [2.75, 3.05) is 20.2 Å². The van der Waals surface area contributed by atoms with E-state index in [0.717, 1.165) is 32.4 Å². The first kappa shape index (κ1) is 18.2. The van der Waals surface area contributed by atoms with E-state index in [1.54, 1.807) is 24.3 Å². The standard InChI is InChI=1S/C22H25NO3/c1-22(12-11-17-7-4-3-5-8-17)13-14-23(16-22)20(24)18-9-6-10-19(15-18)21(25)26-2/h3-10,15H,11-14,16H2,1-2H3/t22-/m0/s1. The van der Waals surface area contributed by atoms with E-state index in [0.29, 0.717) is 11.1 Å². The van der Waals surface area contributed by atoms with Crippen molar-refractivity contribution in [3.05, 3.63) is 71.3 Å². The normalized spacial score (nSPS) is 19.4. The van der Waals surface area contributed by atoms with Crippen LogP contribution in [0.5, 0.6) is 0 Å². The SMILES string of the molecule is COC(=O)c1cccc(C(=O)N2CC[C@](C)(CCc3ccccc3)C2)c1. The van der Waals surface area contributed by atoms with Crippen LogP contribution >= 0.6 is 0 Å². The van der Waals surface area contributed by atoms with Crippen molar-refractivity contribution in [3.63, 3.8) is 0 Å². The molecule has 2 aromatic carbocycles. The van der Waals surface area contributed by atoms with Crippen molar-refractivity contribution >= 4 is 11.9 Å². The Morgan fingerprint density at radius 1 is 1.08 bits per heavy atom. The number of rotatable bonds is 5. The molecule has 0 aromatic heterocycles. The minimum absolute atomic E-state index is 0.0146. The van der Waals surface area contributed by atoms with E-state index in [9.17, 15) is 9.59 Å². The maximum Gasteiger partial charge on any atom is 0.337 e. The molecular weight excluding hydrogens is 326 g/mol. The number of esters is 1. The van der Waals surface area contributed by atoms with Crippen molar-refractivity contribution in [1.29, 1.82) is 0 Å². The highest BCUT2D eigenvalue weighted by Crippen LogP contribution is 2.35. The van der Waals surface area contributed by atoms with Crippen molar-refractivity contribution in [2.45, 2.75) is 26.2 Å². The third-order valence-corrected chi connectivity index (χ3v) is 5.24. The molecule has 1 fully saturated rings. The lowest BCUT2D eigenvalue weighted by molar-refractivity contribution is 0.0600. The lowest BCUT2D eigenvalue weighted by Gasteiger charge is -2.25. The molecule has 0 N–H and O–H groups in total. The summed E-state index contributed by atoms with van der Waals surface area (Å²) in [5.74, 6) is -0.437. The van der Waals surface area contributed by atoms with Crippen LogP contribution in [0.4, 0.5) is 0 Å². The maximum absolute atomic E-state index is 12.8. The van der Waals surface area contributed by atoms with Gasteiger partial charge in [-0.25, -0.2) is 4.79 Å². The third-order valence-electron chi connectivity index (χ3n) is 5.24. The summed E-state index contributed by atoms with van der Waals surface area (Å²) in [6.07, 6.45) is 3.09. The van der Waals surface area contributed by atoms with Crippen molar-refractivity contribution in [1.82, 2.24) is 4.90 Å². The zero-order valence-corrected chi connectivity index (χ0v) is 15.4. The second-order valence-corrected chi connectivity index (χ2v) is 7.35. The van der Waals surface area contributed by atoms with Gasteiger partial charge in [0.1, 0.15) is 0 Å². The number of aryl methyl sites for hydroxylation is 1. The molecule has 0 bridgehead atoms. The number of amides is 1. The average molecular weight is 351 g/mol. The Hall–Kier alpha value is -2.62. The largest absolute Gasteiger partial charge is 0.465 e. The molecule has 1 saturated heterocycles. The summed E-state index contributed by atoms with van der Waals surface area (Å²) < 4.78 is 4.74. The van der Waals surface area contributed by atoms with E-state index < -0.39 is 5.97 Å². The highest BCUT2D eigenvalue weighted by molar-refractivity contribution is 5.98. The van der Waals surface area contributed by atoms with E-state index >= 15 is 0 Å². The number of methoxy groups -OCH3 is 1. The Labute approximate surface area is 154 Å². The predicted molar refractivity (Wildman–Crippen MR) is 101 cm³/mol. The van der Waals surface area contributed by atoms with Crippen molar-refractivity contribution in [2.24, 2.45) is 5.41 Å². The van der Waals surface area contributed by atoms with Crippen LogP contribution in [-0.2, 0) is 11.2 Å². The predicted octanol–water partition coefficient (Wildman–Crippen LogP) is 3.96. The van der Waals surface area contributed by atoms with Gasteiger partial charge in [-0.15, -0.1) is 0 Å². The molecule has 136 valence electrons. The van der Waals surface area contributed by atoms with Gasteiger partial charge in [-0.1, -0.05) is 43.3 Å². The molecule has 1 amide bonds. The Kier molecular flexibility index (Phi) is 5.40. The molecule has 4 heteroatoms. The molecule has 0 saturated carbocycles. The number of carbonyl (C=O) groups excluding carboxylic acids is 2. The highest BCUT2D eigenvalue weighted by atomic mass is 16.5. The second kappa shape index (κ2) is 7.73. The summed E-state index contributed by atoms with van der Waals surface area (Å²) >= 11 is 0. The van der Waals surface area contributed by atoms with E-state index in [-0.39, 0.29) is 11.3 Å². The summed E-state index contributed by atoms with van der Waals surface area (Å²) in [5, 5.41) is 0. The minimum atomic E-state index is -0.422. The Morgan fingerprint density at radius 3 is 2.54 bits per heavy atom. The van der Waals surface area contributed by atoms with Gasteiger partial charge in [-0.3, -0.25) is 4.79 Å². The zero-order chi connectivity index (χ0) is 18.6. The zero-order valence-electron chi connectivity index (χ0n) is 15.4. The third kappa shape index (κ3) is 4.13. The molecule has 0 unspecified atom stereocenters. The van der Waals surface area contributed by atoms with Gasteiger partial charge in [0.25, 0.3) is 5.91 Å². The lowest BCUT2D eigenvalue weighted by Crippen LogP contribution is -2.31. The fraction of sp³-hybridized carbons (Fsp3) is 0.364. The quantitative estimate of drug-likeness (QED) is 0.766. The number of ether oxygens (including phenoxy) is 1. The molecule has 1 aliphatic rings. The van der Waals surface area contributed by atoms with Crippen LogP contribution in [0.1, 0.15) is 46.0 Å². The molecule has 2 aromatic rings. The summed E-state index contributed by atoms with van der Waals surface area (Å²) in [5.41, 5.74) is 2.42. The van der Waals surface area contributed by atoms with Crippen LogP contribution in [0.25, 0.3) is 0 Å². The molecule has 3 rings (SSSR count). The van der Waals surface area contributed by atoms with Crippen LogP contribution in [0.3, 0.4) is 0 Å². The number of benzene rings is 2. The summed E-state index contributed by atoms with van der Waals surface area (Å²) in [6, 6.07) is 17.2. The van der Waals surface area contributed by atoms with Crippen LogP contribution in [0.15, 0.2) is 54.6 Å². The Balaban J connectivity index is 1.64. The first-order valence-electron chi connectivity index (χ1n) is 9.02. The molecule has 1 atom stereocenters. The van der Waals surface area contributed by atoms with Gasteiger partial charge in [0.05, 0.1) is 12.7 Å². The molecule has 0 radical (unpaired) electrons. The van der Waals surface area contributed by atoms with E-state index in [4.69, 9.17) is 4.74 Å². The average Bonchev–Trinajstić information content (AvgIpc) is 3.08. The van der Waals surface area contributed by atoms with E-state index in [1.165, 1.54) is 12.7 Å². The second-order valence-electron chi connectivity index (χ2n) is 7.35. The fourth-order valence-corrected chi connectivity index (χ4v) is 3.57. The number of carbonyl (C=O) groups is 2. The van der Waals surface area contributed by atoms with Gasteiger partial charge in [0.2, 0.25) is 0 Å². The van der Waals surface area contributed by atoms with Gasteiger partial charge in [0.15, 0.2) is 0 Å². The summed E-state index contributed by atoms with van der Waals surface area (Å²) in [7, 11) is 1.34. The number of hydrogen-bond acceptors (Lipinski definition) is 3. The molecule has 4 nitrogen and oxygen atoms in total. The van der Waals surface area contributed by atoms with Crippen LogP contribution in [0.2, 0.25) is 0 Å². The number of likely N-dealkylation sites (tertiary alicyclic amines) is 1. The maximum atomic E-state index is 12.8. The Bertz CT molecular complexity index is 787. The number of nitrogens with zero attached hydrogens (tertiary/aromatic N) is 1. The summed E-state index contributed by atoms with van der Waals surface area (Å²) in [4.78, 5) is 26.4. The molecule has 26 heavy (non-hydrogen) atoms. The van der Waals surface area contributed by atoms with Gasteiger partial charge in [-0.05, 0) is 48.4 Å². The fourth-order valence-electron chi connectivity index (χ4n) is 3.57. The first-order chi connectivity index (χ1) is 12.5.